The highest BCUT2D eigenvalue weighted by molar-refractivity contribution is 5.66. The summed E-state index contributed by atoms with van der Waals surface area (Å²) in [5.41, 5.74) is 0. The molecule has 0 aromatic carbocycles. The van der Waals surface area contributed by atoms with Crippen molar-refractivity contribution in [3.8, 4) is 0 Å². The summed E-state index contributed by atoms with van der Waals surface area (Å²) in [6, 6.07) is 0. The first-order chi connectivity index (χ1) is 6.16. The second-order valence-corrected chi connectivity index (χ2v) is 2.81. The van der Waals surface area contributed by atoms with Crippen molar-refractivity contribution in [3.05, 3.63) is 0 Å². The molecule has 78 valence electrons. The number of aliphatic carboxylic acids is 1. The van der Waals surface area contributed by atoms with Crippen LogP contribution in [0.3, 0.4) is 0 Å². The van der Waals surface area contributed by atoms with E-state index in [9.17, 15) is 4.79 Å². The van der Waals surface area contributed by atoms with Crippen molar-refractivity contribution < 1.29 is 19.7 Å². The normalized spacial score (nSPS) is 12.8. The highest BCUT2D eigenvalue weighted by Gasteiger charge is 2.02. The first kappa shape index (κ1) is 12.3. The van der Waals surface area contributed by atoms with Gasteiger partial charge in [-0.05, 0) is 13.0 Å². The summed E-state index contributed by atoms with van der Waals surface area (Å²) < 4.78 is 4.71. The molecule has 0 bridgehead atoms. The van der Waals surface area contributed by atoms with Crippen LogP contribution in [0, 0.1) is 0 Å². The van der Waals surface area contributed by atoms with Gasteiger partial charge < -0.3 is 20.3 Å². The average Bonchev–Trinajstić information content (AvgIpc) is 2.03. The second-order valence-electron chi connectivity index (χ2n) is 2.81. The Morgan fingerprint density at radius 1 is 1.62 bits per heavy atom. The Balaban J connectivity index is 3.11. The number of carbonyl (C=O) groups is 1. The Morgan fingerprint density at radius 2 is 2.31 bits per heavy atom. The lowest BCUT2D eigenvalue weighted by Crippen LogP contribution is -2.30. The molecule has 0 rings (SSSR count). The lowest BCUT2D eigenvalue weighted by Gasteiger charge is -2.09. The zero-order valence-electron chi connectivity index (χ0n) is 7.82. The number of aliphatic hydroxyl groups is 1. The number of aliphatic hydroxyl groups excluding tert-OH is 1. The third-order valence-electron chi connectivity index (χ3n) is 1.48. The monoisotopic (exact) mass is 191 g/mol. The Kier molecular flexibility index (Phi) is 7.57. The van der Waals surface area contributed by atoms with Crippen LogP contribution >= 0.6 is 0 Å². The molecule has 0 aromatic rings. The molecular formula is C8H17NO4. The fourth-order valence-corrected chi connectivity index (χ4v) is 0.885. The van der Waals surface area contributed by atoms with Gasteiger partial charge in [0.15, 0.2) is 0 Å². The molecule has 13 heavy (non-hydrogen) atoms. The number of ether oxygens (including phenoxy) is 1. The van der Waals surface area contributed by atoms with Crippen LogP contribution in [0.25, 0.3) is 0 Å². The summed E-state index contributed by atoms with van der Waals surface area (Å²) in [6.07, 6.45) is 0.220. The first-order valence-electron chi connectivity index (χ1n) is 4.26. The maximum Gasteiger partial charge on any atom is 0.303 e. The summed E-state index contributed by atoms with van der Waals surface area (Å²) in [5.74, 6) is -0.792. The Bertz CT molecular complexity index is 140. The second kappa shape index (κ2) is 7.97. The molecule has 0 spiro atoms. The molecule has 3 N–H and O–H groups in total. The lowest BCUT2D eigenvalue weighted by molar-refractivity contribution is -0.137. The minimum atomic E-state index is -0.792. The van der Waals surface area contributed by atoms with Crippen LogP contribution < -0.4 is 5.32 Å². The SMILES string of the molecule is COCC(O)CNCCCC(=O)O. The molecule has 0 aliphatic heterocycles. The van der Waals surface area contributed by atoms with Crippen LogP contribution in [0.15, 0.2) is 0 Å². The Labute approximate surface area is 77.7 Å². The topological polar surface area (TPSA) is 78.8 Å². The maximum absolute atomic E-state index is 10.1. The van der Waals surface area contributed by atoms with Gasteiger partial charge in [0.2, 0.25) is 0 Å². The van der Waals surface area contributed by atoms with E-state index in [1.807, 2.05) is 0 Å². The van der Waals surface area contributed by atoms with Crippen molar-refractivity contribution in [1.82, 2.24) is 5.32 Å². The third kappa shape index (κ3) is 9.26. The predicted octanol–water partition coefficient (Wildman–Crippen LogP) is -0.552. The summed E-state index contributed by atoms with van der Waals surface area (Å²) >= 11 is 0. The molecule has 0 amide bonds. The van der Waals surface area contributed by atoms with Crippen molar-refractivity contribution >= 4 is 5.97 Å². The zero-order valence-corrected chi connectivity index (χ0v) is 7.82. The fraction of sp³-hybridized carbons (Fsp3) is 0.875. The van der Waals surface area contributed by atoms with Crippen LogP contribution in [0.1, 0.15) is 12.8 Å². The van der Waals surface area contributed by atoms with E-state index in [0.29, 0.717) is 26.1 Å². The molecule has 0 heterocycles. The van der Waals surface area contributed by atoms with E-state index < -0.39 is 12.1 Å². The van der Waals surface area contributed by atoms with Gasteiger partial charge in [-0.15, -0.1) is 0 Å². The molecule has 0 aliphatic carbocycles. The maximum atomic E-state index is 10.1. The Hall–Kier alpha value is -0.650. The molecular weight excluding hydrogens is 174 g/mol. The van der Waals surface area contributed by atoms with Gasteiger partial charge in [0.05, 0.1) is 12.7 Å². The molecule has 0 fully saturated rings. The van der Waals surface area contributed by atoms with Crippen LogP contribution in [-0.2, 0) is 9.53 Å². The molecule has 0 aliphatic rings. The average molecular weight is 191 g/mol. The zero-order chi connectivity index (χ0) is 10.1. The molecule has 0 aromatic heterocycles. The van der Waals surface area contributed by atoms with Gasteiger partial charge >= 0.3 is 5.97 Å². The van der Waals surface area contributed by atoms with Gasteiger partial charge in [0, 0.05) is 20.1 Å². The van der Waals surface area contributed by atoms with E-state index in [0.717, 1.165) is 0 Å². The first-order valence-corrected chi connectivity index (χ1v) is 4.26. The van der Waals surface area contributed by atoms with Crippen molar-refractivity contribution in [3.63, 3.8) is 0 Å². The molecule has 0 radical (unpaired) electrons. The summed E-state index contributed by atoms with van der Waals surface area (Å²) in [5, 5.41) is 20.4. The molecule has 0 saturated heterocycles. The fourth-order valence-electron chi connectivity index (χ4n) is 0.885. The quantitative estimate of drug-likeness (QED) is 0.448. The van der Waals surface area contributed by atoms with E-state index >= 15 is 0 Å². The molecule has 1 atom stereocenters. The molecule has 0 saturated carbocycles. The van der Waals surface area contributed by atoms with Gasteiger partial charge in [-0.3, -0.25) is 4.79 Å². The van der Waals surface area contributed by atoms with E-state index in [-0.39, 0.29) is 6.42 Å². The van der Waals surface area contributed by atoms with Gasteiger partial charge in [-0.25, -0.2) is 0 Å². The minimum Gasteiger partial charge on any atom is -0.481 e. The van der Waals surface area contributed by atoms with Crippen molar-refractivity contribution in [2.24, 2.45) is 0 Å². The number of methoxy groups -OCH3 is 1. The van der Waals surface area contributed by atoms with Crippen LogP contribution in [0.5, 0.6) is 0 Å². The highest BCUT2D eigenvalue weighted by Crippen LogP contribution is 1.87. The predicted molar refractivity (Wildman–Crippen MR) is 47.6 cm³/mol. The number of nitrogens with one attached hydrogen (secondary N) is 1. The minimum absolute atomic E-state index is 0.160. The third-order valence-corrected chi connectivity index (χ3v) is 1.48. The number of carboxylic acid groups (broad SMARTS) is 1. The lowest BCUT2D eigenvalue weighted by atomic mass is 10.3. The standard InChI is InChI=1S/C8H17NO4/c1-13-6-7(10)5-9-4-2-3-8(11)12/h7,9-10H,2-6H2,1H3,(H,11,12). The van der Waals surface area contributed by atoms with Gasteiger partial charge in [-0.2, -0.15) is 0 Å². The van der Waals surface area contributed by atoms with Crippen LogP contribution in [-0.4, -0.2) is 49.1 Å². The van der Waals surface area contributed by atoms with Crippen molar-refractivity contribution in [1.29, 1.82) is 0 Å². The summed E-state index contributed by atoms with van der Waals surface area (Å²) in [7, 11) is 1.52. The molecule has 1 unspecified atom stereocenters. The highest BCUT2D eigenvalue weighted by atomic mass is 16.5. The van der Waals surface area contributed by atoms with E-state index in [1.165, 1.54) is 7.11 Å². The Morgan fingerprint density at radius 3 is 2.85 bits per heavy atom. The van der Waals surface area contributed by atoms with Crippen molar-refractivity contribution in [2.75, 3.05) is 26.8 Å². The number of rotatable bonds is 8. The summed E-state index contributed by atoms with van der Waals surface area (Å²) in [4.78, 5) is 10.1. The number of carboxylic acids is 1. The van der Waals surface area contributed by atoms with Crippen molar-refractivity contribution in [2.45, 2.75) is 18.9 Å². The van der Waals surface area contributed by atoms with Gasteiger partial charge in [0.25, 0.3) is 0 Å². The molecule has 5 heteroatoms. The van der Waals surface area contributed by atoms with E-state index in [1.54, 1.807) is 0 Å². The van der Waals surface area contributed by atoms with E-state index in [4.69, 9.17) is 14.9 Å². The smallest absolute Gasteiger partial charge is 0.303 e. The molecule has 5 nitrogen and oxygen atoms in total. The largest absolute Gasteiger partial charge is 0.481 e. The number of hydrogen-bond donors (Lipinski definition) is 3. The summed E-state index contributed by atoms with van der Waals surface area (Å²) in [6.45, 7) is 1.34. The van der Waals surface area contributed by atoms with Crippen LogP contribution in [0.4, 0.5) is 0 Å². The van der Waals surface area contributed by atoms with Crippen LogP contribution in [0.2, 0.25) is 0 Å². The van der Waals surface area contributed by atoms with Gasteiger partial charge in [-0.1, -0.05) is 0 Å². The number of hydrogen-bond acceptors (Lipinski definition) is 4. The van der Waals surface area contributed by atoms with E-state index in [2.05, 4.69) is 5.32 Å². The van der Waals surface area contributed by atoms with Gasteiger partial charge in [0.1, 0.15) is 0 Å².